The smallest absolute Gasteiger partial charge is 0.339 e. The van der Waals surface area contributed by atoms with Crippen LogP contribution in [0, 0.1) is 6.92 Å². The van der Waals surface area contributed by atoms with Crippen molar-refractivity contribution in [3.8, 4) is 0 Å². The van der Waals surface area contributed by atoms with Crippen LogP contribution in [0.5, 0.6) is 0 Å². The van der Waals surface area contributed by atoms with E-state index < -0.39 is 5.97 Å². The zero-order valence-corrected chi connectivity index (χ0v) is 11.3. The second-order valence-electron chi connectivity index (χ2n) is 4.34. The normalized spacial score (nSPS) is 11.1. The number of fused-ring (bicyclic) bond motifs is 1. The van der Waals surface area contributed by atoms with E-state index in [9.17, 15) is 9.59 Å². The van der Waals surface area contributed by atoms with E-state index in [-0.39, 0.29) is 23.4 Å². The van der Waals surface area contributed by atoms with Gasteiger partial charge in [0.25, 0.3) is 5.56 Å². The first-order valence-corrected chi connectivity index (χ1v) is 6.69. The Morgan fingerprint density at radius 2 is 2.35 bits per heavy atom. The molecule has 0 bridgehead atoms. The van der Waals surface area contributed by atoms with Crippen molar-refractivity contribution in [3.05, 3.63) is 51.3 Å². The summed E-state index contributed by atoms with van der Waals surface area (Å²) in [6.45, 7) is 1.94. The number of aromatic carboxylic acids is 1. The van der Waals surface area contributed by atoms with Gasteiger partial charge >= 0.3 is 5.97 Å². The molecule has 0 radical (unpaired) electrons. The summed E-state index contributed by atoms with van der Waals surface area (Å²) < 4.78 is 7.05. The van der Waals surface area contributed by atoms with Crippen LogP contribution in [0.2, 0.25) is 0 Å². The summed E-state index contributed by atoms with van der Waals surface area (Å²) in [6.07, 6.45) is 2.71. The number of aromatic nitrogens is 2. The molecular weight excluding hydrogens is 280 g/mol. The summed E-state index contributed by atoms with van der Waals surface area (Å²) in [5.41, 5.74) is 1.51. The van der Waals surface area contributed by atoms with Crippen molar-refractivity contribution >= 4 is 27.5 Å². The fraction of sp³-hybridized carbons (Fsp3) is 0.154. The van der Waals surface area contributed by atoms with Crippen molar-refractivity contribution in [2.24, 2.45) is 0 Å². The molecule has 0 unspecified atom stereocenters. The van der Waals surface area contributed by atoms with Crippen LogP contribution in [0.25, 0.3) is 10.2 Å². The van der Waals surface area contributed by atoms with E-state index in [1.165, 1.54) is 34.6 Å². The first kappa shape index (κ1) is 12.6. The highest BCUT2D eigenvalue weighted by atomic mass is 32.1. The summed E-state index contributed by atoms with van der Waals surface area (Å²) in [5, 5.41) is 10.9. The molecule has 102 valence electrons. The molecular formula is C13H10N2O4S. The number of carboxylic acid groups (broad SMARTS) is 1. The molecule has 3 aromatic heterocycles. The molecule has 3 heterocycles. The molecule has 0 saturated carbocycles. The highest BCUT2D eigenvalue weighted by Crippen LogP contribution is 2.20. The Bertz CT molecular complexity index is 859. The summed E-state index contributed by atoms with van der Waals surface area (Å²) in [4.78, 5) is 27.5. The van der Waals surface area contributed by atoms with Crippen LogP contribution in [0.4, 0.5) is 0 Å². The number of furan rings is 1. The quantitative estimate of drug-likeness (QED) is 0.798. The van der Waals surface area contributed by atoms with Crippen LogP contribution < -0.4 is 5.56 Å². The molecule has 0 amide bonds. The Labute approximate surface area is 116 Å². The third-order valence-corrected chi connectivity index (χ3v) is 4.09. The molecule has 1 N–H and O–H groups in total. The third kappa shape index (κ3) is 1.92. The average molecular weight is 290 g/mol. The predicted molar refractivity (Wildman–Crippen MR) is 73.4 cm³/mol. The first-order chi connectivity index (χ1) is 9.58. The molecule has 0 aliphatic carbocycles. The third-order valence-electron chi connectivity index (χ3n) is 3.01. The van der Waals surface area contributed by atoms with Crippen molar-refractivity contribution in [1.82, 2.24) is 9.55 Å². The summed E-state index contributed by atoms with van der Waals surface area (Å²) in [6, 6.07) is 1.37. The molecule has 0 atom stereocenters. The Balaban J connectivity index is 2.07. The van der Waals surface area contributed by atoms with Gasteiger partial charge in [-0.3, -0.25) is 9.36 Å². The number of thiophene rings is 1. The largest absolute Gasteiger partial charge is 0.478 e. The van der Waals surface area contributed by atoms with Crippen LogP contribution in [0.1, 0.15) is 21.7 Å². The van der Waals surface area contributed by atoms with Gasteiger partial charge < -0.3 is 9.52 Å². The van der Waals surface area contributed by atoms with E-state index in [0.29, 0.717) is 10.2 Å². The van der Waals surface area contributed by atoms with Crippen molar-refractivity contribution in [3.63, 3.8) is 0 Å². The second-order valence-corrected chi connectivity index (χ2v) is 5.22. The van der Waals surface area contributed by atoms with Gasteiger partial charge in [0.2, 0.25) is 0 Å². The van der Waals surface area contributed by atoms with Gasteiger partial charge in [-0.25, -0.2) is 9.78 Å². The number of nitrogens with zero attached hydrogens (tertiary/aromatic N) is 2. The van der Waals surface area contributed by atoms with E-state index >= 15 is 0 Å². The maximum atomic E-state index is 12.3. The van der Waals surface area contributed by atoms with Crippen LogP contribution in [-0.2, 0) is 6.54 Å². The van der Waals surface area contributed by atoms with E-state index in [0.717, 1.165) is 5.56 Å². The van der Waals surface area contributed by atoms with E-state index in [4.69, 9.17) is 9.52 Å². The monoisotopic (exact) mass is 290 g/mol. The van der Waals surface area contributed by atoms with Crippen molar-refractivity contribution in [1.29, 1.82) is 0 Å². The Kier molecular flexibility index (Phi) is 2.90. The van der Waals surface area contributed by atoms with E-state index in [2.05, 4.69) is 4.98 Å². The topological polar surface area (TPSA) is 85.3 Å². The molecule has 7 heteroatoms. The number of carbonyl (C=O) groups is 1. The van der Waals surface area contributed by atoms with Crippen LogP contribution in [-0.4, -0.2) is 20.6 Å². The molecule has 0 aliphatic rings. The van der Waals surface area contributed by atoms with Crippen LogP contribution in [0.3, 0.4) is 0 Å². The van der Waals surface area contributed by atoms with Gasteiger partial charge in [0.1, 0.15) is 16.0 Å². The molecule has 0 aromatic carbocycles. The zero-order chi connectivity index (χ0) is 14.3. The SMILES string of the molecule is Cc1csc2c(=O)n(Cc3occc3C(=O)O)cnc12. The minimum absolute atomic E-state index is 0.0490. The highest BCUT2D eigenvalue weighted by Gasteiger charge is 2.15. The van der Waals surface area contributed by atoms with Gasteiger partial charge in [0, 0.05) is 0 Å². The van der Waals surface area contributed by atoms with Gasteiger partial charge in [0.05, 0.1) is 24.7 Å². The molecule has 3 aromatic rings. The molecule has 0 aliphatic heterocycles. The lowest BCUT2D eigenvalue weighted by Gasteiger charge is -2.04. The number of carboxylic acids is 1. The lowest BCUT2D eigenvalue weighted by molar-refractivity contribution is 0.0694. The summed E-state index contributed by atoms with van der Waals surface area (Å²) in [7, 11) is 0. The summed E-state index contributed by atoms with van der Waals surface area (Å²) in [5.74, 6) is -0.850. The standard InChI is InChI=1S/C13H10N2O4S/c1-7-5-20-11-10(7)14-6-15(12(11)16)4-9-8(13(17)18)2-3-19-9/h2-3,5-6H,4H2,1H3,(H,17,18). The van der Waals surface area contributed by atoms with E-state index in [1.807, 2.05) is 12.3 Å². The van der Waals surface area contributed by atoms with Crippen LogP contribution >= 0.6 is 11.3 Å². The second kappa shape index (κ2) is 4.61. The maximum Gasteiger partial charge on any atom is 0.339 e. The van der Waals surface area contributed by atoms with Gasteiger partial charge in [0.15, 0.2) is 0 Å². The van der Waals surface area contributed by atoms with Gasteiger partial charge in [-0.1, -0.05) is 0 Å². The first-order valence-electron chi connectivity index (χ1n) is 5.81. The molecule has 0 saturated heterocycles. The molecule has 3 rings (SSSR count). The van der Waals surface area contributed by atoms with Crippen molar-refractivity contribution < 1.29 is 14.3 Å². The Morgan fingerprint density at radius 1 is 1.55 bits per heavy atom. The lowest BCUT2D eigenvalue weighted by Crippen LogP contribution is -2.21. The lowest BCUT2D eigenvalue weighted by atomic mass is 10.2. The van der Waals surface area contributed by atoms with Crippen molar-refractivity contribution in [2.75, 3.05) is 0 Å². The Morgan fingerprint density at radius 3 is 3.10 bits per heavy atom. The van der Waals surface area contributed by atoms with E-state index in [1.54, 1.807) is 0 Å². The van der Waals surface area contributed by atoms with Gasteiger partial charge in [-0.2, -0.15) is 0 Å². The van der Waals surface area contributed by atoms with Gasteiger partial charge in [-0.15, -0.1) is 11.3 Å². The predicted octanol–water partition coefficient (Wildman–Crippen LogP) is 2.11. The summed E-state index contributed by atoms with van der Waals surface area (Å²) >= 11 is 1.34. The van der Waals surface area contributed by atoms with Gasteiger partial charge in [-0.05, 0) is 23.9 Å². The fourth-order valence-electron chi connectivity index (χ4n) is 1.98. The zero-order valence-electron chi connectivity index (χ0n) is 10.5. The van der Waals surface area contributed by atoms with Crippen LogP contribution in [0.15, 0.2) is 33.2 Å². The minimum Gasteiger partial charge on any atom is -0.478 e. The number of hydrogen-bond donors (Lipinski definition) is 1. The molecule has 6 nitrogen and oxygen atoms in total. The Hall–Kier alpha value is -2.41. The molecule has 0 spiro atoms. The fourth-order valence-corrected chi connectivity index (χ4v) is 2.93. The van der Waals surface area contributed by atoms with Crippen molar-refractivity contribution in [2.45, 2.75) is 13.5 Å². The molecule has 0 fully saturated rings. The number of hydrogen-bond acceptors (Lipinski definition) is 5. The maximum absolute atomic E-state index is 12.3. The highest BCUT2D eigenvalue weighted by molar-refractivity contribution is 7.17. The number of aryl methyl sites for hydroxylation is 1. The number of rotatable bonds is 3. The molecule has 20 heavy (non-hydrogen) atoms. The minimum atomic E-state index is -1.08. The average Bonchev–Trinajstić information content (AvgIpc) is 3.00.